The fourth-order valence-corrected chi connectivity index (χ4v) is 3.54. The number of fused-ring (bicyclic) bond motifs is 1. The van der Waals surface area contributed by atoms with Gasteiger partial charge in [-0.1, -0.05) is 12.1 Å². The largest absolute Gasteiger partial charge is 0.497 e. The zero-order chi connectivity index (χ0) is 21.8. The molecule has 1 aliphatic rings. The smallest absolute Gasteiger partial charge is 0.261 e. The Balaban J connectivity index is 1.36. The van der Waals surface area contributed by atoms with Gasteiger partial charge >= 0.3 is 0 Å². The van der Waals surface area contributed by atoms with Gasteiger partial charge in [0.2, 0.25) is 0 Å². The SMILES string of the molecule is COc1cccc(COC(C)C(=O)Nc2ccc3c(c2)CCN3C(=O)c2ccoc2)c1. The van der Waals surface area contributed by atoms with E-state index in [-0.39, 0.29) is 11.8 Å². The van der Waals surface area contributed by atoms with Gasteiger partial charge in [-0.25, -0.2) is 0 Å². The summed E-state index contributed by atoms with van der Waals surface area (Å²) >= 11 is 0. The van der Waals surface area contributed by atoms with Crippen molar-refractivity contribution >= 4 is 23.2 Å². The number of rotatable bonds is 7. The van der Waals surface area contributed by atoms with Crippen molar-refractivity contribution in [1.29, 1.82) is 0 Å². The molecule has 2 aromatic carbocycles. The van der Waals surface area contributed by atoms with Crippen molar-refractivity contribution in [2.45, 2.75) is 26.1 Å². The van der Waals surface area contributed by atoms with Gasteiger partial charge in [-0.2, -0.15) is 0 Å². The third-order valence-electron chi connectivity index (χ3n) is 5.26. The first-order valence-electron chi connectivity index (χ1n) is 10.1. The summed E-state index contributed by atoms with van der Waals surface area (Å²) in [6.45, 7) is 2.62. The van der Waals surface area contributed by atoms with Crippen molar-refractivity contribution in [3.05, 3.63) is 77.7 Å². The van der Waals surface area contributed by atoms with Crippen molar-refractivity contribution in [3.8, 4) is 5.75 Å². The summed E-state index contributed by atoms with van der Waals surface area (Å²) in [4.78, 5) is 26.9. The molecule has 0 radical (unpaired) electrons. The van der Waals surface area contributed by atoms with Crippen LogP contribution in [-0.4, -0.2) is 31.6 Å². The molecule has 1 N–H and O–H groups in total. The van der Waals surface area contributed by atoms with E-state index in [1.165, 1.54) is 12.5 Å². The van der Waals surface area contributed by atoms with Crippen LogP contribution in [0.5, 0.6) is 5.75 Å². The van der Waals surface area contributed by atoms with Crippen LogP contribution >= 0.6 is 0 Å². The van der Waals surface area contributed by atoms with Crippen molar-refractivity contribution in [2.24, 2.45) is 0 Å². The van der Waals surface area contributed by atoms with Crippen molar-refractivity contribution in [3.63, 3.8) is 0 Å². The van der Waals surface area contributed by atoms with Gasteiger partial charge in [0.25, 0.3) is 11.8 Å². The number of amides is 2. The number of benzene rings is 2. The number of anilines is 2. The van der Waals surface area contributed by atoms with Crippen LogP contribution in [0.4, 0.5) is 11.4 Å². The Labute approximate surface area is 180 Å². The number of hydrogen-bond acceptors (Lipinski definition) is 5. The zero-order valence-electron chi connectivity index (χ0n) is 17.5. The average Bonchev–Trinajstić information content (AvgIpc) is 3.47. The lowest BCUT2D eigenvalue weighted by Gasteiger charge is -2.17. The van der Waals surface area contributed by atoms with Crippen LogP contribution in [-0.2, 0) is 22.6 Å². The zero-order valence-corrected chi connectivity index (χ0v) is 17.5. The van der Waals surface area contributed by atoms with Crippen LogP contribution in [0.3, 0.4) is 0 Å². The summed E-state index contributed by atoms with van der Waals surface area (Å²) < 4.78 is 15.9. The lowest BCUT2D eigenvalue weighted by Crippen LogP contribution is -2.28. The van der Waals surface area contributed by atoms with Crippen LogP contribution in [0.25, 0.3) is 0 Å². The molecular formula is C24H24N2O5. The summed E-state index contributed by atoms with van der Waals surface area (Å²) in [5.74, 6) is 0.424. The minimum atomic E-state index is -0.626. The summed E-state index contributed by atoms with van der Waals surface area (Å²) in [5.41, 5.74) is 4.00. The highest BCUT2D eigenvalue weighted by atomic mass is 16.5. The molecule has 1 unspecified atom stereocenters. The molecule has 1 atom stereocenters. The van der Waals surface area contributed by atoms with E-state index in [1.807, 2.05) is 36.4 Å². The molecule has 3 aromatic rings. The molecule has 7 heteroatoms. The first kappa shape index (κ1) is 20.7. The molecule has 0 saturated carbocycles. The maximum Gasteiger partial charge on any atom is 0.261 e. The molecule has 0 fully saturated rings. The summed E-state index contributed by atoms with van der Waals surface area (Å²) in [6.07, 6.45) is 3.03. The molecule has 1 aliphatic heterocycles. The van der Waals surface area contributed by atoms with Gasteiger partial charge in [0.15, 0.2) is 0 Å². The van der Waals surface area contributed by atoms with Crippen molar-refractivity contribution in [2.75, 3.05) is 23.9 Å². The quantitative estimate of drug-likeness (QED) is 0.624. The summed E-state index contributed by atoms with van der Waals surface area (Å²) in [6, 6.07) is 14.8. The monoisotopic (exact) mass is 420 g/mol. The second-order valence-corrected chi connectivity index (χ2v) is 7.36. The summed E-state index contributed by atoms with van der Waals surface area (Å²) in [7, 11) is 1.61. The number of hydrogen-bond donors (Lipinski definition) is 1. The van der Waals surface area contributed by atoms with Crippen molar-refractivity contribution in [1.82, 2.24) is 0 Å². The van der Waals surface area contributed by atoms with E-state index in [4.69, 9.17) is 13.9 Å². The van der Waals surface area contributed by atoms with E-state index in [0.717, 1.165) is 29.0 Å². The molecule has 1 aromatic heterocycles. The maximum atomic E-state index is 12.6. The third-order valence-corrected chi connectivity index (χ3v) is 5.26. The second kappa shape index (κ2) is 9.06. The van der Waals surface area contributed by atoms with E-state index in [1.54, 1.807) is 31.1 Å². The number of nitrogens with one attached hydrogen (secondary N) is 1. The highest BCUT2D eigenvalue weighted by molar-refractivity contribution is 6.07. The standard InChI is InChI=1S/C24H24N2O5/c1-16(31-14-17-4-3-5-21(12-17)29-2)23(27)25-20-6-7-22-18(13-20)8-10-26(22)24(28)19-9-11-30-15-19/h3-7,9,11-13,15-16H,8,10,14H2,1-2H3,(H,25,27). The van der Waals surface area contributed by atoms with Gasteiger partial charge in [-0.05, 0) is 60.9 Å². The Hall–Kier alpha value is -3.58. The first-order chi connectivity index (χ1) is 15.0. The summed E-state index contributed by atoms with van der Waals surface area (Å²) in [5, 5.41) is 2.89. The molecule has 31 heavy (non-hydrogen) atoms. The van der Waals surface area contributed by atoms with Gasteiger partial charge in [-0.15, -0.1) is 0 Å². The van der Waals surface area contributed by atoms with E-state index in [0.29, 0.717) is 24.4 Å². The topological polar surface area (TPSA) is 81.0 Å². The number of methoxy groups -OCH3 is 1. The van der Waals surface area contributed by atoms with E-state index in [2.05, 4.69) is 5.32 Å². The van der Waals surface area contributed by atoms with Crippen LogP contribution < -0.4 is 15.0 Å². The van der Waals surface area contributed by atoms with Crippen LogP contribution in [0.2, 0.25) is 0 Å². The van der Waals surface area contributed by atoms with E-state index < -0.39 is 6.10 Å². The number of carbonyl (C=O) groups is 2. The predicted molar refractivity (Wildman–Crippen MR) is 116 cm³/mol. The lowest BCUT2D eigenvalue weighted by atomic mass is 10.1. The molecule has 0 spiro atoms. The minimum absolute atomic E-state index is 0.0937. The molecular weight excluding hydrogens is 396 g/mol. The molecule has 2 amide bonds. The van der Waals surface area contributed by atoms with Gasteiger partial charge in [0, 0.05) is 17.9 Å². The highest BCUT2D eigenvalue weighted by Crippen LogP contribution is 2.31. The number of ether oxygens (including phenoxy) is 2. The first-order valence-corrected chi connectivity index (χ1v) is 10.1. The molecule has 7 nitrogen and oxygen atoms in total. The van der Waals surface area contributed by atoms with Crippen LogP contribution in [0, 0.1) is 0 Å². The van der Waals surface area contributed by atoms with E-state index >= 15 is 0 Å². The fraction of sp³-hybridized carbons (Fsp3) is 0.250. The maximum absolute atomic E-state index is 12.6. The van der Waals surface area contributed by atoms with E-state index in [9.17, 15) is 9.59 Å². The van der Waals surface area contributed by atoms with Gasteiger partial charge in [-0.3, -0.25) is 9.59 Å². The van der Waals surface area contributed by atoms with Gasteiger partial charge < -0.3 is 24.1 Å². The fourth-order valence-electron chi connectivity index (χ4n) is 3.54. The molecule has 0 bridgehead atoms. The molecule has 160 valence electrons. The Morgan fingerprint density at radius 3 is 2.84 bits per heavy atom. The molecule has 0 saturated heterocycles. The van der Waals surface area contributed by atoms with Gasteiger partial charge in [0.05, 0.1) is 25.5 Å². The Bertz CT molecular complexity index is 1080. The Morgan fingerprint density at radius 2 is 2.06 bits per heavy atom. The Kier molecular flexibility index (Phi) is 6.04. The van der Waals surface area contributed by atoms with Crippen LogP contribution in [0.15, 0.2) is 65.5 Å². The number of carbonyl (C=O) groups excluding carboxylic acids is 2. The Morgan fingerprint density at radius 1 is 1.19 bits per heavy atom. The van der Waals surface area contributed by atoms with Crippen LogP contribution in [0.1, 0.15) is 28.4 Å². The molecule has 4 rings (SSSR count). The normalized spacial score (nSPS) is 13.5. The lowest BCUT2D eigenvalue weighted by molar-refractivity contribution is -0.127. The average molecular weight is 420 g/mol. The van der Waals surface area contributed by atoms with Crippen molar-refractivity contribution < 1.29 is 23.5 Å². The predicted octanol–water partition coefficient (Wildman–Crippen LogP) is 4.03. The number of nitrogens with zero attached hydrogens (tertiary/aromatic N) is 1. The minimum Gasteiger partial charge on any atom is -0.497 e. The van der Waals surface area contributed by atoms with Gasteiger partial charge in [0.1, 0.15) is 18.1 Å². The third kappa shape index (κ3) is 4.62. The number of furan rings is 1. The molecule has 2 heterocycles. The molecule has 0 aliphatic carbocycles. The highest BCUT2D eigenvalue weighted by Gasteiger charge is 2.26. The second-order valence-electron chi connectivity index (χ2n) is 7.36.